The number of benzene rings is 6. The van der Waals surface area contributed by atoms with E-state index in [2.05, 4.69) is 182 Å². The Labute approximate surface area is 257 Å². The van der Waals surface area contributed by atoms with Gasteiger partial charge in [-0.2, -0.15) is 0 Å². The standard InChI is InChI=1S/2C18H15P.ClH.Co/c2*1-4-10-16(11-5-1)19(17-12-6-2-7-13-17)18-14-8-3-9-15-18;;/h2*1-15H;1H;/p+1. The number of hydrogen-bond donors (Lipinski definition) is 0. The third-order valence-corrected chi connectivity index (χ3v) is 11.8. The van der Waals surface area contributed by atoms with Crippen LogP contribution in [-0.4, -0.2) is 0 Å². The Morgan fingerprint density at radius 2 is 0.350 bits per heavy atom. The van der Waals surface area contributed by atoms with Crippen LogP contribution in [0.1, 0.15) is 0 Å². The van der Waals surface area contributed by atoms with Crippen molar-refractivity contribution in [3.63, 3.8) is 0 Å². The Morgan fingerprint density at radius 3 is 0.475 bits per heavy atom. The fourth-order valence-electron chi connectivity index (χ4n) is 4.63. The first-order chi connectivity index (χ1) is 18.9. The van der Waals surface area contributed by atoms with Crippen LogP contribution in [0.2, 0.25) is 0 Å². The van der Waals surface area contributed by atoms with Gasteiger partial charge in [-0.05, 0) is 72.8 Å². The first-order valence-electron chi connectivity index (χ1n) is 13.0. The molecule has 0 N–H and O–H groups in total. The summed E-state index contributed by atoms with van der Waals surface area (Å²) < 4.78 is 0. The molecule has 0 unspecified atom stereocenters. The second-order valence-electron chi connectivity index (χ2n) is 8.95. The van der Waals surface area contributed by atoms with Crippen molar-refractivity contribution in [3.8, 4) is 0 Å². The number of hydrogen-bond acceptors (Lipinski definition) is 0. The van der Waals surface area contributed by atoms with Crippen LogP contribution >= 0.6 is 15.8 Å². The summed E-state index contributed by atoms with van der Waals surface area (Å²) in [5.74, 6) is 0. The first-order valence-corrected chi connectivity index (χ1v) is 16.0. The van der Waals surface area contributed by atoms with E-state index in [1.165, 1.54) is 31.8 Å². The first kappa shape index (κ1) is 31.5. The molecule has 0 nitrogen and oxygen atoms in total. The van der Waals surface area contributed by atoms with E-state index in [1.807, 2.05) is 0 Å². The van der Waals surface area contributed by atoms with Crippen LogP contribution in [0.4, 0.5) is 0 Å². The van der Waals surface area contributed by atoms with Gasteiger partial charge in [0.25, 0.3) is 0 Å². The molecule has 6 aromatic rings. The SMILES string of the molecule is [Cl-].[Co].c1ccc([PH+](c2ccccc2)c2ccccc2)cc1.c1ccc([PH+](c2ccccc2)c2ccccc2)cc1. The van der Waals surface area contributed by atoms with Gasteiger partial charge in [-0.3, -0.25) is 0 Å². The van der Waals surface area contributed by atoms with Gasteiger partial charge in [0.05, 0.1) is 15.8 Å². The van der Waals surface area contributed by atoms with E-state index in [-0.39, 0.29) is 29.2 Å². The smallest absolute Gasteiger partial charge is 0.102 e. The Hall–Kier alpha value is -3.02. The predicted molar refractivity (Wildman–Crippen MR) is 173 cm³/mol. The van der Waals surface area contributed by atoms with Crippen LogP contribution < -0.4 is 44.2 Å². The van der Waals surface area contributed by atoms with Crippen molar-refractivity contribution in [2.24, 2.45) is 0 Å². The van der Waals surface area contributed by atoms with E-state index in [4.69, 9.17) is 0 Å². The summed E-state index contributed by atoms with van der Waals surface area (Å²) in [7, 11) is -1.75. The molecule has 0 bridgehead atoms. The van der Waals surface area contributed by atoms with Crippen LogP contribution in [0.5, 0.6) is 0 Å². The summed E-state index contributed by atoms with van der Waals surface area (Å²) in [4.78, 5) is 0. The molecular formula is C36H32ClCoP2+. The average molecular weight is 621 g/mol. The minimum absolute atomic E-state index is 0. The zero-order valence-corrected chi connectivity index (χ0v) is 25.8. The van der Waals surface area contributed by atoms with Crippen molar-refractivity contribution in [3.05, 3.63) is 182 Å². The molecule has 0 atom stereocenters. The van der Waals surface area contributed by atoms with E-state index in [9.17, 15) is 0 Å². The molecule has 4 heteroatoms. The largest absolute Gasteiger partial charge is 1.00 e. The topological polar surface area (TPSA) is 0 Å². The molecule has 0 heterocycles. The molecule has 0 spiro atoms. The maximum absolute atomic E-state index is 2.24. The fourth-order valence-corrected chi connectivity index (χ4v) is 9.78. The zero-order chi connectivity index (χ0) is 25.8. The van der Waals surface area contributed by atoms with Gasteiger partial charge >= 0.3 is 0 Å². The minimum atomic E-state index is -0.877. The van der Waals surface area contributed by atoms with E-state index in [0.717, 1.165) is 0 Å². The van der Waals surface area contributed by atoms with Gasteiger partial charge in [0, 0.05) is 16.8 Å². The molecule has 40 heavy (non-hydrogen) atoms. The molecule has 0 fully saturated rings. The second-order valence-corrected chi connectivity index (χ2v) is 13.9. The zero-order valence-electron chi connectivity index (χ0n) is 22.0. The third kappa shape index (κ3) is 8.49. The summed E-state index contributed by atoms with van der Waals surface area (Å²) in [6.07, 6.45) is 0. The number of rotatable bonds is 6. The Morgan fingerprint density at radius 1 is 0.225 bits per heavy atom. The van der Waals surface area contributed by atoms with Crippen LogP contribution in [0.3, 0.4) is 0 Å². The normalized spacial score (nSPS) is 10.1. The van der Waals surface area contributed by atoms with E-state index in [0.29, 0.717) is 0 Å². The van der Waals surface area contributed by atoms with Gasteiger partial charge in [-0.1, -0.05) is 109 Å². The maximum atomic E-state index is 2.24. The van der Waals surface area contributed by atoms with Gasteiger partial charge in [0.15, 0.2) is 0 Å². The molecule has 0 amide bonds. The molecule has 0 aromatic heterocycles. The van der Waals surface area contributed by atoms with Crippen LogP contribution in [0.25, 0.3) is 0 Å². The number of halogens is 1. The quantitative estimate of drug-likeness (QED) is 0.251. The van der Waals surface area contributed by atoms with Crippen LogP contribution in [0.15, 0.2) is 182 Å². The van der Waals surface area contributed by atoms with Crippen molar-refractivity contribution >= 4 is 47.7 Å². The van der Waals surface area contributed by atoms with E-state index in [1.54, 1.807) is 0 Å². The molecule has 0 aliphatic carbocycles. The summed E-state index contributed by atoms with van der Waals surface area (Å²) in [6.45, 7) is 0. The Kier molecular flexibility index (Phi) is 13.3. The summed E-state index contributed by atoms with van der Waals surface area (Å²) in [6, 6.07) is 65.0. The van der Waals surface area contributed by atoms with Crippen LogP contribution in [0, 0.1) is 0 Å². The molecule has 0 aliphatic heterocycles. The van der Waals surface area contributed by atoms with Crippen molar-refractivity contribution in [2.45, 2.75) is 0 Å². The van der Waals surface area contributed by atoms with Gasteiger partial charge in [-0.15, -0.1) is 0 Å². The molecule has 6 rings (SSSR count). The monoisotopic (exact) mass is 620 g/mol. The third-order valence-electron chi connectivity index (χ3n) is 6.37. The van der Waals surface area contributed by atoms with Crippen molar-refractivity contribution in [1.82, 2.24) is 0 Å². The molecule has 0 saturated heterocycles. The Bertz CT molecular complexity index is 1180. The van der Waals surface area contributed by atoms with Crippen molar-refractivity contribution < 1.29 is 29.2 Å². The second kappa shape index (κ2) is 16.9. The van der Waals surface area contributed by atoms with Gasteiger partial charge in [0.1, 0.15) is 31.8 Å². The molecular weight excluding hydrogens is 589 g/mol. The van der Waals surface area contributed by atoms with Crippen molar-refractivity contribution in [2.75, 3.05) is 0 Å². The summed E-state index contributed by atoms with van der Waals surface area (Å²) >= 11 is 0. The molecule has 6 aromatic carbocycles. The minimum Gasteiger partial charge on any atom is -1.00 e. The molecule has 0 saturated carbocycles. The summed E-state index contributed by atoms with van der Waals surface area (Å²) in [5, 5.41) is 8.61. The van der Waals surface area contributed by atoms with E-state index >= 15 is 0 Å². The molecule has 0 aliphatic rings. The van der Waals surface area contributed by atoms with E-state index < -0.39 is 15.8 Å². The van der Waals surface area contributed by atoms with Crippen molar-refractivity contribution in [1.29, 1.82) is 0 Å². The van der Waals surface area contributed by atoms with Gasteiger partial charge in [0.2, 0.25) is 0 Å². The van der Waals surface area contributed by atoms with Crippen LogP contribution in [-0.2, 0) is 16.8 Å². The summed E-state index contributed by atoms with van der Waals surface area (Å²) in [5.41, 5.74) is 0. The van der Waals surface area contributed by atoms with Gasteiger partial charge in [-0.25, -0.2) is 0 Å². The maximum Gasteiger partial charge on any atom is 0.102 e. The molecule has 201 valence electrons. The Balaban J connectivity index is 0.000000210. The predicted octanol–water partition coefficient (Wildman–Crippen LogP) is 3.36. The molecule has 1 radical (unpaired) electrons. The average Bonchev–Trinajstić information content (AvgIpc) is 3.01. The van der Waals surface area contributed by atoms with Gasteiger partial charge < -0.3 is 12.4 Å². The fraction of sp³-hybridized carbons (Fsp3) is 0.